The Balaban J connectivity index is 2.54. The number of carbonyl (C=O) groups is 1. The Morgan fingerprint density at radius 1 is 1.38 bits per heavy atom. The number of amides is 1. The minimum atomic E-state index is -0.536. The average molecular weight is 313 g/mol. The third kappa shape index (κ3) is 5.44. The Morgan fingerprint density at radius 3 is 2.62 bits per heavy atom. The maximum Gasteiger partial charge on any atom is 0.250 e. The van der Waals surface area contributed by atoms with Gasteiger partial charge in [-0.2, -0.15) is 0 Å². The van der Waals surface area contributed by atoms with Crippen molar-refractivity contribution in [2.75, 3.05) is 31.2 Å². The van der Waals surface area contributed by atoms with E-state index in [4.69, 9.17) is 23.1 Å². The van der Waals surface area contributed by atoms with Crippen LogP contribution >= 0.6 is 11.6 Å². The Morgan fingerprint density at radius 2 is 2.05 bits per heavy atom. The summed E-state index contributed by atoms with van der Waals surface area (Å²) in [4.78, 5) is 13.7. The number of primary amides is 1. The minimum absolute atomic E-state index is 0.333. The maximum atomic E-state index is 11.4. The lowest BCUT2D eigenvalue weighted by Gasteiger charge is -2.20. The quantitative estimate of drug-likeness (QED) is 0.509. The Bertz CT molecular complexity index is 491. The molecule has 6 heteroatoms. The van der Waals surface area contributed by atoms with Crippen molar-refractivity contribution in [1.29, 1.82) is 0 Å². The summed E-state index contributed by atoms with van der Waals surface area (Å²) in [5.74, 6) is -0.536. The molecule has 0 radical (unpaired) electrons. The second-order valence-corrected chi connectivity index (χ2v) is 5.90. The number of carbonyl (C=O) groups excluding carboxylic acids is 1. The molecule has 0 fully saturated rings. The summed E-state index contributed by atoms with van der Waals surface area (Å²) >= 11 is 6.13. The van der Waals surface area contributed by atoms with Crippen molar-refractivity contribution in [3.05, 3.63) is 22.7 Å². The average Bonchev–Trinajstić information content (AvgIpc) is 2.39. The molecule has 0 aliphatic carbocycles. The fraction of sp³-hybridized carbons (Fsp3) is 0.533. The zero-order chi connectivity index (χ0) is 16.0. The minimum Gasteiger partial charge on any atom is -0.399 e. The van der Waals surface area contributed by atoms with Gasteiger partial charge in [0.1, 0.15) is 0 Å². The Kier molecular flexibility index (Phi) is 6.78. The van der Waals surface area contributed by atoms with Gasteiger partial charge >= 0.3 is 0 Å². The fourth-order valence-corrected chi connectivity index (χ4v) is 2.25. The van der Waals surface area contributed by atoms with E-state index in [1.54, 1.807) is 12.1 Å². The molecule has 1 aromatic carbocycles. The van der Waals surface area contributed by atoms with Gasteiger partial charge in [0, 0.05) is 18.3 Å². The van der Waals surface area contributed by atoms with Crippen LogP contribution in [-0.2, 0) is 0 Å². The summed E-state index contributed by atoms with van der Waals surface area (Å²) in [7, 11) is 2.11. The van der Waals surface area contributed by atoms with E-state index in [2.05, 4.69) is 31.1 Å². The normalized spacial score (nSPS) is 11.1. The van der Waals surface area contributed by atoms with Crippen molar-refractivity contribution in [3.8, 4) is 0 Å². The van der Waals surface area contributed by atoms with Crippen LogP contribution in [0.15, 0.2) is 12.1 Å². The highest BCUT2D eigenvalue weighted by atomic mass is 35.5. The summed E-state index contributed by atoms with van der Waals surface area (Å²) in [5.41, 5.74) is 12.4. The molecule has 1 aromatic rings. The molecule has 0 aliphatic rings. The van der Waals surface area contributed by atoms with E-state index >= 15 is 0 Å². The predicted molar refractivity (Wildman–Crippen MR) is 89.9 cm³/mol. The van der Waals surface area contributed by atoms with Gasteiger partial charge in [-0.1, -0.05) is 11.6 Å². The van der Waals surface area contributed by atoms with Crippen molar-refractivity contribution in [3.63, 3.8) is 0 Å². The SMILES string of the molecule is CC(C)N(C)CCCCNc1c(Cl)cc(N)cc1C(N)=O. The van der Waals surface area contributed by atoms with E-state index < -0.39 is 5.91 Å². The van der Waals surface area contributed by atoms with Crippen molar-refractivity contribution < 1.29 is 4.79 Å². The van der Waals surface area contributed by atoms with Crippen LogP contribution in [0, 0.1) is 0 Å². The molecule has 0 aliphatic heterocycles. The predicted octanol–water partition coefficient (Wildman–Crippen LogP) is 2.55. The molecular formula is C15H25ClN4O. The molecule has 0 atom stereocenters. The van der Waals surface area contributed by atoms with Crippen LogP contribution in [0.2, 0.25) is 5.02 Å². The second-order valence-electron chi connectivity index (χ2n) is 5.50. The van der Waals surface area contributed by atoms with Gasteiger partial charge in [0.2, 0.25) is 0 Å². The number of hydrogen-bond donors (Lipinski definition) is 3. The van der Waals surface area contributed by atoms with E-state index in [1.165, 1.54) is 0 Å². The van der Waals surface area contributed by atoms with Crippen LogP contribution in [0.1, 0.15) is 37.0 Å². The van der Waals surface area contributed by atoms with Crippen molar-refractivity contribution in [1.82, 2.24) is 4.90 Å². The first-order chi connectivity index (χ1) is 9.82. The monoisotopic (exact) mass is 312 g/mol. The molecule has 118 valence electrons. The molecule has 0 spiro atoms. The standard InChI is InChI=1S/C15H25ClN4O/c1-10(2)20(3)7-5-4-6-19-14-12(15(18)21)8-11(17)9-13(14)16/h8-10,19H,4-7,17H2,1-3H3,(H2,18,21). The molecule has 1 rings (SSSR count). The highest BCUT2D eigenvalue weighted by Crippen LogP contribution is 2.29. The Hall–Kier alpha value is -1.46. The number of nitrogens with zero attached hydrogens (tertiary/aromatic N) is 1. The van der Waals surface area contributed by atoms with Crippen molar-refractivity contribution in [2.45, 2.75) is 32.7 Å². The van der Waals surface area contributed by atoms with Gasteiger partial charge in [0.05, 0.1) is 16.3 Å². The van der Waals surface area contributed by atoms with Gasteiger partial charge in [-0.25, -0.2) is 0 Å². The van der Waals surface area contributed by atoms with Crippen LogP contribution in [-0.4, -0.2) is 37.0 Å². The molecule has 5 nitrogen and oxygen atoms in total. The fourth-order valence-electron chi connectivity index (χ4n) is 1.96. The summed E-state index contributed by atoms with van der Waals surface area (Å²) in [6, 6.07) is 3.71. The number of halogens is 1. The van der Waals surface area contributed by atoms with E-state index in [-0.39, 0.29) is 0 Å². The summed E-state index contributed by atoms with van der Waals surface area (Å²) in [6.45, 7) is 6.12. The number of anilines is 2. The zero-order valence-electron chi connectivity index (χ0n) is 12.9. The van der Waals surface area contributed by atoms with E-state index in [9.17, 15) is 4.79 Å². The zero-order valence-corrected chi connectivity index (χ0v) is 13.7. The van der Waals surface area contributed by atoms with Crippen LogP contribution in [0.5, 0.6) is 0 Å². The highest BCUT2D eigenvalue weighted by Gasteiger charge is 2.13. The van der Waals surface area contributed by atoms with E-state index in [1.807, 2.05) is 0 Å². The van der Waals surface area contributed by atoms with Crippen LogP contribution in [0.4, 0.5) is 11.4 Å². The number of nitrogens with two attached hydrogens (primary N) is 2. The second kappa shape index (κ2) is 8.10. The molecule has 21 heavy (non-hydrogen) atoms. The number of nitrogens with one attached hydrogen (secondary N) is 1. The van der Waals surface area contributed by atoms with Gasteiger partial charge in [-0.05, 0) is 52.4 Å². The molecule has 5 N–H and O–H groups in total. The third-order valence-corrected chi connectivity index (χ3v) is 3.80. The smallest absolute Gasteiger partial charge is 0.250 e. The Labute approximate surface area is 131 Å². The van der Waals surface area contributed by atoms with Gasteiger partial charge < -0.3 is 21.7 Å². The lowest BCUT2D eigenvalue weighted by atomic mass is 10.1. The lowest BCUT2D eigenvalue weighted by Crippen LogP contribution is -2.27. The number of unbranched alkanes of at least 4 members (excludes halogenated alkanes) is 1. The molecule has 0 aromatic heterocycles. The molecule has 0 saturated carbocycles. The van der Waals surface area contributed by atoms with E-state index in [0.29, 0.717) is 28.0 Å². The third-order valence-electron chi connectivity index (χ3n) is 3.50. The topological polar surface area (TPSA) is 84.4 Å². The summed E-state index contributed by atoms with van der Waals surface area (Å²) in [5, 5.41) is 3.61. The molecule has 0 saturated heterocycles. The molecular weight excluding hydrogens is 288 g/mol. The van der Waals surface area contributed by atoms with Gasteiger partial charge in [0.15, 0.2) is 0 Å². The van der Waals surface area contributed by atoms with Crippen molar-refractivity contribution >= 4 is 28.9 Å². The molecule has 0 unspecified atom stereocenters. The number of hydrogen-bond acceptors (Lipinski definition) is 4. The first kappa shape index (κ1) is 17.6. The van der Waals surface area contributed by atoms with Crippen LogP contribution in [0.3, 0.4) is 0 Å². The molecule has 0 heterocycles. The van der Waals surface area contributed by atoms with Gasteiger partial charge in [0.25, 0.3) is 5.91 Å². The van der Waals surface area contributed by atoms with Gasteiger partial charge in [-0.3, -0.25) is 4.79 Å². The molecule has 1 amide bonds. The first-order valence-corrected chi connectivity index (χ1v) is 7.53. The highest BCUT2D eigenvalue weighted by molar-refractivity contribution is 6.34. The summed E-state index contributed by atoms with van der Waals surface area (Å²) < 4.78 is 0. The number of rotatable bonds is 8. The number of benzene rings is 1. The van der Waals surface area contributed by atoms with Gasteiger partial charge in [-0.15, -0.1) is 0 Å². The maximum absolute atomic E-state index is 11.4. The first-order valence-electron chi connectivity index (χ1n) is 7.16. The largest absolute Gasteiger partial charge is 0.399 e. The van der Waals surface area contributed by atoms with E-state index in [0.717, 1.165) is 25.9 Å². The van der Waals surface area contributed by atoms with Crippen molar-refractivity contribution in [2.24, 2.45) is 5.73 Å². The molecule has 0 bridgehead atoms. The van der Waals surface area contributed by atoms with Crippen LogP contribution in [0.25, 0.3) is 0 Å². The number of nitrogen functional groups attached to an aromatic ring is 1. The lowest BCUT2D eigenvalue weighted by molar-refractivity contribution is 0.100. The summed E-state index contributed by atoms with van der Waals surface area (Å²) in [6.07, 6.45) is 2.05. The van der Waals surface area contributed by atoms with Crippen LogP contribution < -0.4 is 16.8 Å².